The van der Waals surface area contributed by atoms with Gasteiger partial charge in [0.1, 0.15) is 0 Å². The molecule has 116 valence electrons. The first kappa shape index (κ1) is 16.9. The number of hydrogen-bond donors (Lipinski definition) is 0. The number of hydrogen-bond acceptors (Lipinski definition) is 5. The van der Waals surface area contributed by atoms with Crippen molar-refractivity contribution in [2.75, 3.05) is 13.2 Å². The van der Waals surface area contributed by atoms with Gasteiger partial charge in [0.2, 0.25) is 0 Å². The van der Waals surface area contributed by atoms with Gasteiger partial charge in [-0.15, -0.1) is 0 Å². The first-order valence-corrected chi connectivity index (χ1v) is 7.13. The van der Waals surface area contributed by atoms with Crippen LogP contribution in [0.3, 0.4) is 0 Å². The lowest BCUT2D eigenvalue weighted by Gasteiger charge is -2.05. The van der Waals surface area contributed by atoms with Gasteiger partial charge in [-0.1, -0.05) is 6.58 Å². The number of carbonyl (C=O) groups excluding carboxylic acids is 2. The van der Waals surface area contributed by atoms with Gasteiger partial charge in [-0.2, -0.15) is 0 Å². The average Bonchev–Trinajstić information content (AvgIpc) is 3.00. The number of esters is 2. The fraction of sp³-hybridized carbons (Fsp3) is 0.533. The van der Waals surface area contributed by atoms with E-state index in [1.165, 1.54) is 0 Å². The summed E-state index contributed by atoms with van der Waals surface area (Å²) < 4.78 is 11.8. The maximum absolute atomic E-state index is 11.5. The van der Waals surface area contributed by atoms with Crippen LogP contribution in [-0.4, -0.2) is 34.7 Å². The van der Waals surface area contributed by atoms with Crippen LogP contribution in [0.25, 0.3) is 0 Å². The number of aryl methyl sites for hydroxylation is 1. The summed E-state index contributed by atoms with van der Waals surface area (Å²) in [7, 11) is 0. The van der Waals surface area contributed by atoms with Gasteiger partial charge in [-0.25, -0.2) is 9.78 Å². The zero-order valence-corrected chi connectivity index (χ0v) is 12.2. The van der Waals surface area contributed by atoms with Crippen molar-refractivity contribution in [3.63, 3.8) is 0 Å². The van der Waals surface area contributed by atoms with Crippen LogP contribution in [0.5, 0.6) is 0 Å². The number of ether oxygens (including phenoxy) is 2. The van der Waals surface area contributed by atoms with E-state index < -0.39 is 0 Å². The molecular weight excluding hydrogens is 272 g/mol. The standard InChI is InChI=1S/C15H22N2O4/c1-2-14(18)20-11-5-3-4-6-12-21-15(19)7-9-17-10-8-16-13-17/h2,8,10,13H,1,3-7,9,11-12H2. The maximum atomic E-state index is 11.5. The molecule has 0 N–H and O–H groups in total. The number of rotatable bonds is 11. The van der Waals surface area contributed by atoms with E-state index in [0.29, 0.717) is 26.2 Å². The normalized spacial score (nSPS) is 10.1. The van der Waals surface area contributed by atoms with Crippen LogP contribution in [0, 0.1) is 0 Å². The van der Waals surface area contributed by atoms with Crippen LogP contribution in [-0.2, 0) is 25.6 Å². The molecule has 1 aromatic rings. The molecule has 0 aliphatic heterocycles. The molecule has 21 heavy (non-hydrogen) atoms. The molecular formula is C15H22N2O4. The second kappa shape index (κ2) is 10.7. The van der Waals surface area contributed by atoms with Gasteiger partial charge < -0.3 is 14.0 Å². The Morgan fingerprint density at radius 1 is 1.14 bits per heavy atom. The lowest BCUT2D eigenvalue weighted by Crippen LogP contribution is -2.09. The van der Waals surface area contributed by atoms with Crippen LogP contribution in [0.1, 0.15) is 32.1 Å². The van der Waals surface area contributed by atoms with Gasteiger partial charge in [0.25, 0.3) is 0 Å². The molecule has 0 aromatic carbocycles. The highest BCUT2D eigenvalue weighted by molar-refractivity contribution is 5.81. The van der Waals surface area contributed by atoms with Gasteiger partial charge in [-0.3, -0.25) is 4.79 Å². The molecule has 0 atom stereocenters. The molecule has 0 aliphatic carbocycles. The molecule has 6 nitrogen and oxygen atoms in total. The molecule has 0 saturated heterocycles. The van der Waals surface area contributed by atoms with Crippen molar-refractivity contribution in [1.29, 1.82) is 0 Å². The third-order valence-electron chi connectivity index (χ3n) is 2.85. The SMILES string of the molecule is C=CC(=O)OCCCCCCOC(=O)CCn1ccnc1. The van der Waals surface area contributed by atoms with E-state index in [2.05, 4.69) is 11.6 Å². The summed E-state index contributed by atoms with van der Waals surface area (Å²) >= 11 is 0. The van der Waals surface area contributed by atoms with Gasteiger partial charge >= 0.3 is 11.9 Å². The van der Waals surface area contributed by atoms with E-state index in [1.54, 1.807) is 12.5 Å². The number of imidazole rings is 1. The molecule has 1 aromatic heterocycles. The summed E-state index contributed by atoms with van der Waals surface area (Å²) in [4.78, 5) is 26.1. The van der Waals surface area contributed by atoms with Crippen LogP contribution in [0.15, 0.2) is 31.4 Å². The van der Waals surface area contributed by atoms with Crippen molar-refractivity contribution in [3.05, 3.63) is 31.4 Å². The summed E-state index contributed by atoms with van der Waals surface area (Å²) in [5, 5.41) is 0. The fourth-order valence-electron chi connectivity index (χ4n) is 1.69. The Labute approximate surface area is 124 Å². The van der Waals surface area contributed by atoms with E-state index in [9.17, 15) is 9.59 Å². The lowest BCUT2D eigenvalue weighted by molar-refractivity contribution is -0.144. The fourth-order valence-corrected chi connectivity index (χ4v) is 1.69. The maximum Gasteiger partial charge on any atom is 0.330 e. The molecule has 0 bridgehead atoms. The molecule has 6 heteroatoms. The highest BCUT2D eigenvalue weighted by atomic mass is 16.5. The van der Waals surface area contributed by atoms with Crippen molar-refractivity contribution in [3.8, 4) is 0 Å². The minimum absolute atomic E-state index is 0.191. The van der Waals surface area contributed by atoms with E-state index >= 15 is 0 Å². The van der Waals surface area contributed by atoms with Crippen molar-refractivity contribution < 1.29 is 19.1 Å². The molecule has 0 fully saturated rings. The van der Waals surface area contributed by atoms with Crippen LogP contribution in [0.2, 0.25) is 0 Å². The van der Waals surface area contributed by atoms with E-state index in [0.717, 1.165) is 31.8 Å². The molecule has 0 aliphatic rings. The Morgan fingerprint density at radius 3 is 2.48 bits per heavy atom. The van der Waals surface area contributed by atoms with Crippen LogP contribution >= 0.6 is 0 Å². The Balaban J connectivity index is 1.88. The lowest BCUT2D eigenvalue weighted by atomic mass is 10.2. The van der Waals surface area contributed by atoms with Gasteiger partial charge in [0.15, 0.2) is 0 Å². The van der Waals surface area contributed by atoms with Gasteiger partial charge in [0, 0.05) is 25.0 Å². The average molecular weight is 294 g/mol. The Kier molecular flexibility index (Phi) is 8.59. The first-order chi connectivity index (χ1) is 10.2. The molecule has 0 saturated carbocycles. The summed E-state index contributed by atoms with van der Waals surface area (Å²) in [6.07, 6.45) is 10.2. The van der Waals surface area contributed by atoms with E-state index in [4.69, 9.17) is 9.47 Å². The minimum Gasteiger partial charge on any atom is -0.466 e. The smallest absolute Gasteiger partial charge is 0.330 e. The van der Waals surface area contributed by atoms with Crippen LogP contribution in [0.4, 0.5) is 0 Å². The van der Waals surface area contributed by atoms with Gasteiger partial charge in [-0.05, 0) is 25.7 Å². The van der Waals surface area contributed by atoms with E-state index in [1.807, 2.05) is 10.8 Å². The first-order valence-electron chi connectivity index (χ1n) is 7.13. The second-order valence-corrected chi connectivity index (χ2v) is 4.56. The highest BCUT2D eigenvalue weighted by Crippen LogP contribution is 2.02. The third kappa shape index (κ3) is 8.62. The Hall–Kier alpha value is -2.11. The van der Waals surface area contributed by atoms with Gasteiger partial charge in [0.05, 0.1) is 26.0 Å². The summed E-state index contributed by atoms with van der Waals surface area (Å²) in [5.41, 5.74) is 0. The summed E-state index contributed by atoms with van der Waals surface area (Å²) in [6, 6.07) is 0. The molecule has 1 heterocycles. The second-order valence-electron chi connectivity index (χ2n) is 4.56. The number of nitrogens with zero attached hydrogens (tertiary/aromatic N) is 2. The Morgan fingerprint density at radius 2 is 1.86 bits per heavy atom. The predicted octanol–water partition coefficient (Wildman–Crippen LogP) is 2.11. The number of carbonyl (C=O) groups is 2. The molecule has 0 unspecified atom stereocenters. The zero-order valence-electron chi connectivity index (χ0n) is 12.2. The van der Waals surface area contributed by atoms with Crippen LogP contribution < -0.4 is 0 Å². The molecule has 0 radical (unpaired) electrons. The molecule has 0 spiro atoms. The molecule has 1 rings (SSSR count). The number of unbranched alkanes of at least 4 members (excludes halogenated alkanes) is 3. The topological polar surface area (TPSA) is 70.4 Å². The van der Waals surface area contributed by atoms with Crippen molar-refractivity contribution >= 4 is 11.9 Å². The zero-order chi connectivity index (χ0) is 15.3. The minimum atomic E-state index is -0.387. The quantitative estimate of drug-likeness (QED) is 0.355. The number of aromatic nitrogens is 2. The Bertz CT molecular complexity index is 429. The van der Waals surface area contributed by atoms with Crippen molar-refractivity contribution in [2.45, 2.75) is 38.6 Å². The third-order valence-corrected chi connectivity index (χ3v) is 2.85. The monoisotopic (exact) mass is 294 g/mol. The van der Waals surface area contributed by atoms with Crippen molar-refractivity contribution in [2.24, 2.45) is 0 Å². The van der Waals surface area contributed by atoms with E-state index in [-0.39, 0.29) is 11.9 Å². The summed E-state index contributed by atoms with van der Waals surface area (Å²) in [5.74, 6) is -0.578. The highest BCUT2D eigenvalue weighted by Gasteiger charge is 2.03. The van der Waals surface area contributed by atoms with Crippen molar-refractivity contribution in [1.82, 2.24) is 9.55 Å². The predicted molar refractivity (Wildman–Crippen MR) is 77.4 cm³/mol. The molecule has 0 amide bonds. The largest absolute Gasteiger partial charge is 0.466 e. The summed E-state index contributed by atoms with van der Waals surface area (Å²) in [6.45, 7) is 4.76.